The summed E-state index contributed by atoms with van der Waals surface area (Å²) in [7, 11) is 0. The first-order chi connectivity index (χ1) is 7.48. The summed E-state index contributed by atoms with van der Waals surface area (Å²) in [6.45, 7) is 4.86. The number of amides is 2. The van der Waals surface area contributed by atoms with Crippen LogP contribution in [0.5, 0.6) is 0 Å². The van der Waals surface area contributed by atoms with E-state index >= 15 is 0 Å². The van der Waals surface area contributed by atoms with Gasteiger partial charge in [0.1, 0.15) is 0 Å². The molecule has 16 heavy (non-hydrogen) atoms. The second kappa shape index (κ2) is 4.09. The van der Waals surface area contributed by atoms with Crippen molar-refractivity contribution < 1.29 is 4.79 Å². The molecule has 1 aliphatic heterocycles. The lowest BCUT2D eigenvalue weighted by molar-refractivity contribution is 0.224. The van der Waals surface area contributed by atoms with Crippen LogP contribution >= 0.6 is 15.9 Å². The van der Waals surface area contributed by atoms with Gasteiger partial charge in [0, 0.05) is 22.2 Å². The number of carbonyl (C=O) groups excluding carboxylic acids is 1. The number of hydrogen-bond acceptors (Lipinski definition) is 1. The van der Waals surface area contributed by atoms with Gasteiger partial charge in [-0.25, -0.2) is 4.79 Å². The molecule has 1 fully saturated rings. The fourth-order valence-corrected chi connectivity index (χ4v) is 2.04. The highest BCUT2D eigenvalue weighted by molar-refractivity contribution is 9.10. The Bertz CT molecular complexity index is 400. The van der Waals surface area contributed by atoms with E-state index in [1.807, 2.05) is 38.1 Å². The molecule has 1 saturated heterocycles. The van der Waals surface area contributed by atoms with Crippen LogP contribution in [0.25, 0.3) is 0 Å². The van der Waals surface area contributed by atoms with Gasteiger partial charge < -0.3 is 5.32 Å². The van der Waals surface area contributed by atoms with Crippen LogP contribution in [-0.2, 0) is 0 Å². The van der Waals surface area contributed by atoms with Crippen molar-refractivity contribution in [1.29, 1.82) is 0 Å². The van der Waals surface area contributed by atoms with Crippen LogP contribution in [0.2, 0.25) is 0 Å². The Kier molecular flexibility index (Phi) is 2.93. The second-order valence-corrected chi connectivity index (χ2v) is 5.61. The SMILES string of the molecule is CC1(C)CCN(c2ccc(Br)cc2)C(=O)N1. The number of halogens is 1. The average molecular weight is 283 g/mol. The molecule has 2 rings (SSSR count). The summed E-state index contributed by atoms with van der Waals surface area (Å²) in [6.07, 6.45) is 0.953. The Balaban J connectivity index is 2.17. The molecule has 1 aliphatic rings. The van der Waals surface area contributed by atoms with Crippen LogP contribution < -0.4 is 10.2 Å². The molecule has 1 N–H and O–H groups in total. The summed E-state index contributed by atoms with van der Waals surface area (Å²) >= 11 is 3.38. The minimum atomic E-state index is -0.0943. The van der Waals surface area contributed by atoms with Gasteiger partial charge in [0.25, 0.3) is 0 Å². The number of nitrogens with one attached hydrogen (secondary N) is 1. The minimum absolute atomic E-state index is 0.0152. The molecule has 0 aliphatic carbocycles. The highest BCUT2D eigenvalue weighted by Crippen LogP contribution is 2.23. The van der Waals surface area contributed by atoms with Crippen molar-refractivity contribution >= 4 is 27.6 Å². The van der Waals surface area contributed by atoms with E-state index in [1.165, 1.54) is 0 Å². The molecule has 1 heterocycles. The number of urea groups is 1. The van der Waals surface area contributed by atoms with Gasteiger partial charge in [0.15, 0.2) is 0 Å². The Labute approximate surface area is 104 Å². The molecule has 86 valence electrons. The first kappa shape index (κ1) is 11.5. The van der Waals surface area contributed by atoms with E-state index in [0.29, 0.717) is 0 Å². The van der Waals surface area contributed by atoms with Crippen molar-refractivity contribution in [3.05, 3.63) is 28.7 Å². The van der Waals surface area contributed by atoms with E-state index in [1.54, 1.807) is 4.90 Å². The zero-order valence-electron chi connectivity index (χ0n) is 9.46. The molecule has 0 saturated carbocycles. The third kappa shape index (κ3) is 2.38. The molecular weight excluding hydrogens is 268 g/mol. The van der Waals surface area contributed by atoms with E-state index in [2.05, 4.69) is 21.2 Å². The number of nitrogens with zero attached hydrogens (tertiary/aromatic N) is 1. The number of benzene rings is 1. The van der Waals surface area contributed by atoms with Gasteiger partial charge in [0.05, 0.1) is 0 Å². The molecule has 0 aromatic heterocycles. The molecule has 0 bridgehead atoms. The zero-order chi connectivity index (χ0) is 11.8. The summed E-state index contributed by atoms with van der Waals surface area (Å²) in [5.41, 5.74) is 0.847. The first-order valence-electron chi connectivity index (χ1n) is 5.33. The molecule has 0 unspecified atom stereocenters. The number of anilines is 1. The van der Waals surface area contributed by atoms with Crippen LogP contribution in [0, 0.1) is 0 Å². The summed E-state index contributed by atoms with van der Waals surface area (Å²) in [5.74, 6) is 0. The highest BCUT2D eigenvalue weighted by atomic mass is 79.9. The van der Waals surface area contributed by atoms with Gasteiger partial charge in [-0.2, -0.15) is 0 Å². The van der Waals surface area contributed by atoms with E-state index in [0.717, 1.165) is 23.1 Å². The molecule has 1 aromatic carbocycles. The lowest BCUT2D eigenvalue weighted by atomic mass is 9.98. The van der Waals surface area contributed by atoms with Gasteiger partial charge in [-0.3, -0.25) is 4.90 Å². The predicted octanol–water partition coefficient (Wildman–Crippen LogP) is 3.15. The standard InChI is InChI=1S/C12H15BrN2O/c1-12(2)7-8-15(11(16)14-12)10-5-3-9(13)4-6-10/h3-6H,7-8H2,1-2H3,(H,14,16). The van der Waals surface area contributed by atoms with Crippen LogP contribution in [0.15, 0.2) is 28.7 Å². The first-order valence-corrected chi connectivity index (χ1v) is 6.12. The maximum absolute atomic E-state index is 11.9. The maximum Gasteiger partial charge on any atom is 0.322 e. The number of rotatable bonds is 1. The Morgan fingerprint density at radius 2 is 1.94 bits per heavy atom. The summed E-state index contributed by atoms with van der Waals surface area (Å²) < 4.78 is 1.02. The topological polar surface area (TPSA) is 32.3 Å². The van der Waals surface area contributed by atoms with Crippen molar-refractivity contribution in [2.45, 2.75) is 25.8 Å². The highest BCUT2D eigenvalue weighted by Gasteiger charge is 2.30. The zero-order valence-corrected chi connectivity index (χ0v) is 11.0. The van der Waals surface area contributed by atoms with Gasteiger partial charge >= 0.3 is 6.03 Å². The largest absolute Gasteiger partial charge is 0.333 e. The smallest absolute Gasteiger partial charge is 0.322 e. The van der Waals surface area contributed by atoms with Gasteiger partial charge in [-0.1, -0.05) is 15.9 Å². The molecule has 0 atom stereocenters. The number of hydrogen-bond donors (Lipinski definition) is 1. The van der Waals surface area contributed by atoms with E-state index in [9.17, 15) is 4.79 Å². The minimum Gasteiger partial charge on any atom is -0.333 e. The van der Waals surface area contributed by atoms with Crippen LogP contribution in [0.4, 0.5) is 10.5 Å². The summed E-state index contributed by atoms with van der Waals surface area (Å²) in [5, 5.41) is 2.99. The molecule has 0 spiro atoms. The third-order valence-corrected chi connectivity index (χ3v) is 3.32. The van der Waals surface area contributed by atoms with E-state index in [-0.39, 0.29) is 11.6 Å². The molecule has 4 heteroatoms. The Morgan fingerprint density at radius 1 is 1.31 bits per heavy atom. The van der Waals surface area contributed by atoms with Crippen LogP contribution in [0.1, 0.15) is 20.3 Å². The Morgan fingerprint density at radius 3 is 2.50 bits per heavy atom. The van der Waals surface area contributed by atoms with Crippen molar-refractivity contribution in [3.63, 3.8) is 0 Å². The quantitative estimate of drug-likeness (QED) is 0.843. The predicted molar refractivity (Wildman–Crippen MR) is 68.7 cm³/mol. The molecule has 0 radical (unpaired) electrons. The molecular formula is C12H15BrN2O. The molecule has 3 nitrogen and oxygen atoms in total. The van der Waals surface area contributed by atoms with Gasteiger partial charge in [-0.15, -0.1) is 0 Å². The fraction of sp³-hybridized carbons (Fsp3) is 0.417. The lowest BCUT2D eigenvalue weighted by Gasteiger charge is -2.37. The molecule has 2 amide bonds. The van der Waals surface area contributed by atoms with Crippen molar-refractivity contribution in [3.8, 4) is 0 Å². The van der Waals surface area contributed by atoms with E-state index in [4.69, 9.17) is 0 Å². The summed E-state index contributed by atoms with van der Waals surface area (Å²) in [6, 6.07) is 7.77. The maximum atomic E-state index is 11.9. The monoisotopic (exact) mass is 282 g/mol. The van der Waals surface area contributed by atoms with Crippen LogP contribution in [-0.4, -0.2) is 18.1 Å². The normalized spacial score (nSPS) is 19.4. The summed E-state index contributed by atoms with van der Waals surface area (Å²) in [4.78, 5) is 13.7. The van der Waals surface area contributed by atoms with Gasteiger partial charge in [0.2, 0.25) is 0 Å². The fourth-order valence-electron chi connectivity index (χ4n) is 1.78. The third-order valence-electron chi connectivity index (χ3n) is 2.79. The van der Waals surface area contributed by atoms with Crippen LogP contribution in [0.3, 0.4) is 0 Å². The van der Waals surface area contributed by atoms with Crippen molar-refractivity contribution in [1.82, 2.24) is 5.32 Å². The lowest BCUT2D eigenvalue weighted by Crippen LogP contribution is -2.57. The Hall–Kier alpha value is -1.03. The average Bonchev–Trinajstić information content (AvgIpc) is 2.19. The second-order valence-electron chi connectivity index (χ2n) is 4.69. The van der Waals surface area contributed by atoms with Crippen molar-refractivity contribution in [2.75, 3.05) is 11.4 Å². The molecule has 1 aromatic rings. The number of carbonyl (C=O) groups is 1. The van der Waals surface area contributed by atoms with Crippen molar-refractivity contribution in [2.24, 2.45) is 0 Å². The van der Waals surface area contributed by atoms with Gasteiger partial charge in [-0.05, 0) is 44.5 Å². The van der Waals surface area contributed by atoms with E-state index < -0.39 is 0 Å².